The number of urea groups is 1. The summed E-state index contributed by atoms with van der Waals surface area (Å²) in [5.41, 5.74) is 0.820. The van der Waals surface area contributed by atoms with E-state index in [2.05, 4.69) is 33.2 Å². The molecule has 94 valence electrons. The number of aliphatic hydroxyl groups excluding tert-OH is 1. The molecular weight excluding hydrogens is 331 g/mol. The van der Waals surface area contributed by atoms with E-state index in [0.29, 0.717) is 6.54 Å². The van der Waals surface area contributed by atoms with E-state index in [1.807, 2.05) is 24.3 Å². The molecule has 2 amide bonds. The van der Waals surface area contributed by atoms with Crippen LogP contribution in [0.15, 0.2) is 24.3 Å². The summed E-state index contributed by atoms with van der Waals surface area (Å²) in [7, 11) is 0. The zero-order chi connectivity index (χ0) is 12.5. The van der Waals surface area contributed by atoms with Crippen LogP contribution in [0.2, 0.25) is 0 Å². The number of amides is 2. The zero-order valence-electron chi connectivity index (χ0n) is 9.58. The molecule has 0 bridgehead atoms. The molecular formula is C12H17IN2O2. The Morgan fingerprint density at radius 1 is 1.24 bits per heavy atom. The normalized spacial score (nSPS) is 10.0. The largest absolute Gasteiger partial charge is 0.396 e. The van der Waals surface area contributed by atoms with Crippen LogP contribution in [-0.4, -0.2) is 24.3 Å². The molecule has 0 saturated heterocycles. The number of aliphatic hydroxyl groups is 1. The number of benzene rings is 1. The molecule has 17 heavy (non-hydrogen) atoms. The Hall–Kier alpha value is -0.820. The minimum Gasteiger partial charge on any atom is -0.396 e. The third kappa shape index (κ3) is 5.88. The number of carbonyl (C=O) groups is 1. The van der Waals surface area contributed by atoms with Gasteiger partial charge in [0, 0.05) is 16.7 Å². The predicted molar refractivity (Wildman–Crippen MR) is 77.1 cm³/mol. The number of halogens is 1. The maximum Gasteiger partial charge on any atom is 0.319 e. The van der Waals surface area contributed by atoms with Crippen LogP contribution in [0.4, 0.5) is 10.5 Å². The molecule has 0 aliphatic heterocycles. The molecule has 5 heteroatoms. The molecule has 0 aliphatic carbocycles. The Morgan fingerprint density at radius 2 is 2.00 bits per heavy atom. The predicted octanol–water partition coefficient (Wildman–Crippen LogP) is 2.58. The highest BCUT2D eigenvalue weighted by molar-refractivity contribution is 14.1. The van der Waals surface area contributed by atoms with Crippen LogP contribution in [-0.2, 0) is 0 Å². The van der Waals surface area contributed by atoms with Crippen molar-refractivity contribution >= 4 is 34.3 Å². The zero-order valence-corrected chi connectivity index (χ0v) is 11.7. The molecule has 0 heterocycles. The van der Waals surface area contributed by atoms with E-state index in [0.717, 1.165) is 28.5 Å². The molecule has 1 rings (SSSR count). The van der Waals surface area contributed by atoms with Crippen molar-refractivity contribution in [2.24, 2.45) is 0 Å². The SMILES string of the molecule is O=C(NCCCCCO)Nc1ccccc1I. The summed E-state index contributed by atoms with van der Waals surface area (Å²) in [6, 6.07) is 7.45. The Balaban J connectivity index is 2.23. The van der Waals surface area contributed by atoms with E-state index in [4.69, 9.17) is 5.11 Å². The second-order valence-corrected chi connectivity index (χ2v) is 4.81. The Morgan fingerprint density at radius 3 is 2.71 bits per heavy atom. The molecule has 0 radical (unpaired) electrons. The second kappa shape index (κ2) is 8.30. The first-order valence-corrected chi connectivity index (χ1v) is 6.72. The van der Waals surface area contributed by atoms with E-state index in [-0.39, 0.29) is 12.6 Å². The van der Waals surface area contributed by atoms with Crippen LogP contribution in [0, 0.1) is 3.57 Å². The molecule has 0 atom stereocenters. The van der Waals surface area contributed by atoms with Crippen molar-refractivity contribution in [2.45, 2.75) is 19.3 Å². The molecule has 1 aromatic rings. The minimum absolute atomic E-state index is 0.182. The summed E-state index contributed by atoms with van der Waals surface area (Å²) < 4.78 is 1.01. The van der Waals surface area contributed by atoms with E-state index < -0.39 is 0 Å². The van der Waals surface area contributed by atoms with Crippen molar-refractivity contribution in [1.82, 2.24) is 5.32 Å². The number of hydrogen-bond donors (Lipinski definition) is 3. The van der Waals surface area contributed by atoms with Gasteiger partial charge in [0.15, 0.2) is 0 Å². The molecule has 4 nitrogen and oxygen atoms in total. The van der Waals surface area contributed by atoms with Crippen LogP contribution >= 0.6 is 22.6 Å². The lowest BCUT2D eigenvalue weighted by Crippen LogP contribution is -2.29. The van der Waals surface area contributed by atoms with Gasteiger partial charge in [-0.1, -0.05) is 12.1 Å². The third-order valence-corrected chi connectivity index (χ3v) is 3.18. The molecule has 0 unspecified atom stereocenters. The van der Waals surface area contributed by atoms with Crippen LogP contribution < -0.4 is 10.6 Å². The first-order chi connectivity index (χ1) is 8.24. The van der Waals surface area contributed by atoms with Gasteiger partial charge in [0.2, 0.25) is 0 Å². The highest BCUT2D eigenvalue weighted by Gasteiger charge is 2.03. The molecule has 0 fully saturated rings. The van der Waals surface area contributed by atoms with Gasteiger partial charge in [-0.25, -0.2) is 4.79 Å². The Labute approximate surface area is 115 Å². The number of carbonyl (C=O) groups excluding carboxylic acids is 1. The molecule has 0 aliphatic rings. The van der Waals surface area contributed by atoms with Gasteiger partial charge in [-0.2, -0.15) is 0 Å². The molecule has 0 saturated carbocycles. The van der Waals surface area contributed by atoms with Gasteiger partial charge in [-0.3, -0.25) is 0 Å². The van der Waals surface area contributed by atoms with Gasteiger partial charge in [0.25, 0.3) is 0 Å². The highest BCUT2D eigenvalue weighted by atomic mass is 127. The summed E-state index contributed by atoms with van der Waals surface area (Å²) >= 11 is 2.18. The quantitative estimate of drug-likeness (QED) is 0.547. The number of anilines is 1. The smallest absolute Gasteiger partial charge is 0.319 e. The van der Waals surface area contributed by atoms with E-state index in [1.54, 1.807) is 0 Å². The van der Waals surface area contributed by atoms with Crippen molar-refractivity contribution in [2.75, 3.05) is 18.5 Å². The van der Waals surface area contributed by atoms with Gasteiger partial charge < -0.3 is 15.7 Å². The second-order valence-electron chi connectivity index (χ2n) is 3.65. The average Bonchev–Trinajstić information content (AvgIpc) is 2.32. The van der Waals surface area contributed by atoms with Gasteiger partial charge in [-0.05, 0) is 54.0 Å². The first kappa shape index (κ1) is 14.2. The fraction of sp³-hybridized carbons (Fsp3) is 0.417. The standard InChI is InChI=1S/C12H17IN2O2/c13-10-6-2-3-7-11(10)15-12(17)14-8-4-1-5-9-16/h2-3,6-7,16H,1,4-5,8-9H2,(H2,14,15,17). The molecule has 3 N–H and O–H groups in total. The maximum absolute atomic E-state index is 11.5. The lowest BCUT2D eigenvalue weighted by molar-refractivity contribution is 0.251. The first-order valence-electron chi connectivity index (χ1n) is 5.64. The fourth-order valence-electron chi connectivity index (χ4n) is 1.34. The summed E-state index contributed by atoms with van der Waals surface area (Å²) in [5, 5.41) is 14.2. The van der Waals surface area contributed by atoms with Crippen molar-refractivity contribution in [1.29, 1.82) is 0 Å². The Bertz CT molecular complexity index is 358. The summed E-state index contributed by atoms with van der Waals surface area (Å²) in [5.74, 6) is 0. The van der Waals surface area contributed by atoms with Crippen molar-refractivity contribution in [3.63, 3.8) is 0 Å². The lowest BCUT2D eigenvalue weighted by atomic mass is 10.2. The number of unbranched alkanes of at least 4 members (excludes halogenated alkanes) is 2. The topological polar surface area (TPSA) is 61.4 Å². The monoisotopic (exact) mass is 348 g/mol. The number of para-hydroxylation sites is 1. The Kier molecular flexibility index (Phi) is 6.95. The van der Waals surface area contributed by atoms with Gasteiger partial charge in [-0.15, -0.1) is 0 Å². The van der Waals surface area contributed by atoms with Crippen LogP contribution in [0.3, 0.4) is 0 Å². The summed E-state index contributed by atoms with van der Waals surface area (Å²) in [6.07, 6.45) is 2.61. The number of nitrogens with one attached hydrogen (secondary N) is 2. The summed E-state index contributed by atoms with van der Waals surface area (Å²) in [4.78, 5) is 11.5. The average molecular weight is 348 g/mol. The van der Waals surface area contributed by atoms with Gasteiger partial charge >= 0.3 is 6.03 Å². The van der Waals surface area contributed by atoms with Crippen molar-refractivity contribution in [3.05, 3.63) is 27.8 Å². The summed E-state index contributed by atoms with van der Waals surface area (Å²) in [6.45, 7) is 0.851. The maximum atomic E-state index is 11.5. The molecule has 0 aromatic heterocycles. The number of rotatable bonds is 6. The van der Waals surface area contributed by atoms with Crippen LogP contribution in [0.25, 0.3) is 0 Å². The lowest BCUT2D eigenvalue weighted by Gasteiger charge is -2.08. The van der Waals surface area contributed by atoms with Crippen LogP contribution in [0.1, 0.15) is 19.3 Å². The van der Waals surface area contributed by atoms with Crippen LogP contribution in [0.5, 0.6) is 0 Å². The van der Waals surface area contributed by atoms with E-state index in [1.165, 1.54) is 0 Å². The number of hydrogen-bond acceptors (Lipinski definition) is 2. The molecule has 0 spiro atoms. The van der Waals surface area contributed by atoms with E-state index >= 15 is 0 Å². The van der Waals surface area contributed by atoms with Gasteiger partial charge in [0.05, 0.1) is 5.69 Å². The fourth-order valence-corrected chi connectivity index (χ4v) is 1.87. The third-order valence-electron chi connectivity index (χ3n) is 2.24. The minimum atomic E-state index is -0.182. The van der Waals surface area contributed by atoms with Crippen molar-refractivity contribution in [3.8, 4) is 0 Å². The molecule has 1 aromatic carbocycles. The van der Waals surface area contributed by atoms with Crippen molar-refractivity contribution < 1.29 is 9.90 Å². The van der Waals surface area contributed by atoms with Gasteiger partial charge in [0.1, 0.15) is 0 Å². The van der Waals surface area contributed by atoms with E-state index in [9.17, 15) is 4.79 Å². The highest BCUT2D eigenvalue weighted by Crippen LogP contribution is 2.16.